The van der Waals surface area contributed by atoms with E-state index in [-0.39, 0.29) is 5.84 Å². The minimum atomic E-state index is 0.127. The summed E-state index contributed by atoms with van der Waals surface area (Å²) in [6.07, 6.45) is 1.82. The van der Waals surface area contributed by atoms with E-state index in [2.05, 4.69) is 48.5 Å². The fraction of sp³-hybridized carbons (Fsp3) is 0. The summed E-state index contributed by atoms with van der Waals surface area (Å²) in [5, 5.41) is 20.1. The standard InChI is InChI=1S/C46H30N4O/c47-29-31-21-23-34(24-22-31)39-26-25-37(30-49-46(36-19-11-4-12-20-36)50-45(48)35-17-9-3-10-18-35)42-41-28-38(32-13-5-1-6-14-32)27-40(43(41)51-44(39)42)33-15-7-2-8-16-33/h1-28,30,48H. The third kappa shape index (κ3) is 6.26. The number of furan rings is 1. The number of amidine groups is 2. The van der Waals surface area contributed by atoms with Crippen molar-refractivity contribution in [3.05, 3.63) is 192 Å². The molecule has 0 fully saturated rings. The highest BCUT2D eigenvalue weighted by Crippen LogP contribution is 2.43. The van der Waals surface area contributed by atoms with Crippen LogP contribution in [0.25, 0.3) is 55.3 Å². The Kier molecular flexibility index (Phi) is 8.40. The molecule has 8 rings (SSSR count). The van der Waals surface area contributed by atoms with Gasteiger partial charge in [-0.2, -0.15) is 5.26 Å². The summed E-state index contributed by atoms with van der Waals surface area (Å²) in [4.78, 5) is 9.66. The van der Waals surface area contributed by atoms with Crippen LogP contribution in [0.5, 0.6) is 0 Å². The van der Waals surface area contributed by atoms with Crippen LogP contribution in [0, 0.1) is 16.7 Å². The molecule has 0 aliphatic carbocycles. The molecule has 0 saturated carbocycles. The van der Waals surface area contributed by atoms with Crippen molar-refractivity contribution in [3.8, 4) is 39.4 Å². The van der Waals surface area contributed by atoms with E-state index in [1.54, 1.807) is 0 Å². The number of nitrogens with one attached hydrogen (secondary N) is 1. The maximum Gasteiger partial charge on any atom is 0.161 e. The second-order valence-electron chi connectivity index (χ2n) is 12.1. The van der Waals surface area contributed by atoms with E-state index in [0.717, 1.165) is 66.4 Å². The quantitative estimate of drug-likeness (QED) is 0.143. The zero-order chi connectivity index (χ0) is 34.6. The van der Waals surface area contributed by atoms with Crippen LogP contribution in [0.2, 0.25) is 0 Å². The zero-order valence-electron chi connectivity index (χ0n) is 27.5. The predicted molar refractivity (Wildman–Crippen MR) is 209 cm³/mol. The van der Waals surface area contributed by atoms with Crippen molar-refractivity contribution in [1.29, 1.82) is 10.7 Å². The number of rotatable bonds is 6. The molecule has 0 unspecified atom stereocenters. The van der Waals surface area contributed by atoms with E-state index in [4.69, 9.17) is 19.8 Å². The minimum absolute atomic E-state index is 0.127. The Morgan fingerprint density at radius 1 is 0.569 bits per heavy atom. The molecule has 0 saturated heterocycles. The monoisotopic (exact) mass is 654 g/mol. The number of aliphatic imine (C=N–C) groups is 2. The Labute approximate surface area is 295 Å². The van der Waals surface area contributed by atoms with Crippen molar-refractivity contribution in [3.63, 3.8) is 0 Å². The van der Waals surface area contributed by atoms with Gasteiger partial charge in [0.2, 0.25) is 0 Å². The van der Waals surface area contributed by atoms with Crippen LogP contribution in [-0.4, -0.2) is 17.9 Å². The Morgan fingerprint density at radius 2 is 1.16 bits per heavy atom. The van der Waals surface area contributed by atoms with E-state index in [0.29, 0.717) is 17.0 Å². The van der Waals surface area contributed by atoms with Crippen molar-refractivity contribution in [1.82, 2.24) is 0 Å². The smallest absolute Gasteiger partial charge is 0.161 e. The summed E-state index contributed by atoms with van der Waals surface area (Å²) < 4.78 is 6.93. The Morgan fingerprint density at radius 3 is 1.80 bits per heavy atom. The third-order valence-electron chi connectivity index (χ3n) is 8.89. The van der Waals surface area contributed by atoms with Gasteiger partial charge in [0.25, 0.3) is 0 Å². The third-order valence-corrected chi connectivity index (χ3v) is 8.89. The molecule has 1 heterocycles. The molecule has 0 amide bonds. The molecule has 51 heavy (non-hydrogen) atoms. The number of nitrogens with zero attached hydrogens (tertiary/aromatic N) is 3. The lowest BCUT2D eigenvalue weighted by Gasteiger charge is -2.08. The number of hydrogen-bond donors (Lipinski definition) is 1. The van der Waals surface area contributed by atoms with Crippen LogP contribution in [0.3, 0.4) is 0 Å². The molecule has 8 aromatic rings. The van der Waals surface area contributed by atoms with Gasteiger partial charge in [-0.25, -0.2) is 9.98 Å². The summed E-state index contributed by atoms with van der Waals surface area (Å²) in [6.45, 7) is 0. The van der Waals surface area contributed by atoms with Gasteiger partial charge in [0.1, 0.15) is 11.2 Å². The maximum absolute atomic E-state index is 9.46. The number of fused-ring (bicyclic) bond motifs is 3. The molecule has 0 radical (unpaired) electrons. The van der Waals surface area contributed by atoms with Crippen molar-refractivity contribution in [2.75, 3.05) is 0 Å². The first kappa shape index (κ1) is 31.1. The molecule has 5 heteroatoms. The molecule has 1 N–H and O–H groups in total. The number of benzene rings is 7. The van der Waals surface area contributed by atoms with Crippen molar-refractivity contribution >= 4 is 39.8 Å². The molecule has 0 aliphatic heterocycles. The molecule has 5 nitrogen and oxygen atoms in total. The minimum Gasteiger partial charge on any atom is -0.455 e. The molecule has 240 valence electrons. The largest absolute Gasteiger partial charge is 0.455 e. The van der Waals surface area contributed by atoms with Gasteiger partial charge in [0.05, 0.1) is 11.6 Å². The zero-order valence-corrected chi connectivity index (χ0v) is 27.5. The van der Waals surface area contributed by atoms with Gasteiger partial charge in [0, 0.05) is 44.8 Å². The Hall–Kier alpha value is -7.16. The van der Waals surface area contributed by atoms with Gasteiger partial charge < -0.3 is 4.42 Å². The van der Waals surface area contributed by atoms with Crippen molar-refractivity contribution < 1.29 is 4.42 Å². The molecule has 1 aromatic heterocycles. The van der Waals surface area contributed by atoms with Crippen LogP contribution in [0.1, 0.15) is 22.3 Å². The van der Waals surface area contributed by atoms with Crippen molar-refractivity contribution in [2.24, 2.45) is 9.98 Å². The SMILES string of the molecule is N#Cc1ccc(-c2ccc(C=NC(=NC(=N)c3ccccc3)c3ccccc3)c3c2oc2c(-c4ccccc4)cc(-c4ccccc4)cc23)cc1. The second kappa shape index (κ2) is 13.8. The lowest BCUT2D eigenvalue weighted by Crippen LogP contribution is -2.04. The maximum atomic E-state index is 9.46. The second-order valence-corrected chi connectivity index (χ2v) is 12.1. The fourth-order valence-electron chi connectivity index (χ4n) is 6.35. The molecule has 0 atom stereocenters. The number of hydrogen-bond acceptors (Lipinski definition) is 3. The van der Waals surface area contributed by atoms with Crippen LogP contribution in [0.15, 0.2) is 184 Å². The lowest BCUT2D eigenvalue weighted by atomic mass is 9.93. The Balaban J connectivity index is 1.39. The summed E-state index contributed by atoms with van der Waals surface area (Å²) in [6, 6.07) is 58.1. The highest BCUT2D eigenvalue weighted by atomic mass is 16.3. The van der Waals surface area contributed by atoms with Crippen molar-refractivity contribution in [2.45, 2.75) is 0 Å². The summed E-state index contributed by atoms with van der Waals surface area (Å²) in [7, 11) is 0. The van der Waals surface area contributed by atoms with E-state index in [1.807, 2.05) is 134 Å². The molecule has 7 aromatic carbocycles. The predicted octanol–water partition coefficient (Wildman–Crippen LogP) is 11.3. The summed E-state index contributed by atoms with van der Waals surface area (Å²) in [5.41, 5.74) is 10.5. The van der Waals surface area contributed by atoms with E-state index in [1.165, 1.54) is 0 Å². The fourth-order valence-corrected chi connectivity index (χ4v) is 6.35. The molecular weight excluding hydrogens is 625 g/mol. The van der Waals surface area contributed by atoms with Crippen LogP contribution in [-0.2, 0) is 0 Å². The van der Waals surface area contributed by atoms with E-state index >= 15 is 0 Å². The molecule has 0 aliphatic rings. The van der Waals surface area contributed by atoms with Gasteiger partial charge in [-0.05, 0) is 52.6 Å². The van der Waals surface area contributed by atoms with Crippen LogP contribution >= 0.6 is 0 Å². The molecule has 0 bridgehead atoms. The average Bonchev–Trinajstić information content (AvgIpc) is 3.60. The van der Waals surface area contributed by atoms with E-state index < -0.39 is 0 Å². The highest BCUT2D eigenvalue weighted by Gasteiger charge is 2.20. The normalized spacial score (nSPS) is 11.6. The van der Waals surface area contributed by atoms with Crippen LogP contribution < -0.4 is 0 Å². The lowest BCUT2D eigenvalue weighted by molar-refractivity contribution is 0.671. The number of nitriles is 1. The van der Waals surface area contributed by atoms with E-state index in [9.17, 15) is 5.26 Å². The van der Waals surface area contributed by atoms with Gasteiger partial charge >= 0.3 is 0 Å². The summed E-state index contributed by atoms with van der Waals surface area (Å²) in [5.74, 6) is 0.554. The van der Waals surface area contributed by atoms with Gasteiger partial charge in [-0.15, -0.1) is 0 Å². The van der Waals surface area contributed by atoms with Gasteiger partial charge in [-0.1, -0.05) is 140 Å². The molecular formula is C46H30N4O. The van der Waals surface area contributed by atoms with Crippen LogP contribution in [0.4, 0.5) is 0 Å². The molecule has 0 spiro atoms. The Bertz CT molecular complexity index is 2620. The first-order valence-electron chi connectivity index (χ1n) is 16.6. The van der Waals surface area contributed by atoms with Gasteiger partial charge in [0.15, 0.2) is 11.7 Å². The first-order valence-corrected chi connectivity index (χ1v) is 16.6. The average molecular weight is 655 g/mol. The topological polar surface area (TPSA) is 85.5 Å². The highest BCUT2D eigenvalue weighted by molar-refractivity contribution is 6.21. The first-order chi connectivity index (χ1) is 25.2. The van der Waals surface area contributed by atoms with Gasteiger partial charge in [-0.3, -0.25) is 5.41 Å². The summed E-state index contributed by atoms with van der Waals surface area (Å²) >= 11 is 0.